The van der Waals surface area contributed by atoms with Gasteiger partial charge in [-0.2, -0.15) is 0 Å². The first-order chi connectivity index (χ1) is 8.16. The van der Waals surface area contributed by atoms with Crippen LogP contribution in [0.3, 0.4) is 0 Å². The Morgan fingerprint density at radius 2 is 2.47 bits per heavy atom. The second-order valence-corrected chi connectivity index (χ2v) is 4.37. The number of nitrogens with one attached hydrogen (secondary N) is 1. The summed E-state index contributed by atoms with van der Waals surface area (Å²) in [5.41, 5.74) is 0. The number of thiocarbonyl (C=S) groups is 1. The first kappa shape index (κ1) is 12.1. The van der Waals surface area contributed by atoms with E-state index in [1.54, 1.807) is 17.0 Å². The molecule has 1 aliphatic heterocycles. The number of likely N-dealkylation sites (tertiary alicyclic amines) is 1. The van der Waals surface area contributed by atoms with Gasteiger partial charge in [0.05, 0.1) is 12.4 Å². The molecule has 1 amide bonds. The molecule has 1 atom stereocenters. The number of hydrogen-bond acceptors (Lipinski definition) is 4. The predicted octanol–water partition coefficient (Wildman–Crippen LogP) is 0.751. The topological polar surface area (TPSA) is 65.7 Å². The molecule has 1 aromatic rings. The van der Waals surface area contributed by atoms with Crippen molar-refractivity contribution in [3.63, 3.8) is 0 Å². The lowest BCUT2D eigenvalue weighted by atomic mass is 10.1. The average Bonchev–Trinajstić information content (AvgIpc) is 2.82. The molecule has 2 rings (SSSR count). The fraction of sp³-hybridized carbons (Fsp3) is 0.455. The molecule has 0 saturated carbocycles. The molecule has 1 aromatic heterocycles. The fourth-order valence-electron chi connectivity index (χ4n) is 1.78. The number of rotatable bonds is 1. The van der Waals surface area contributed by atoms with E-state index in [1.165, 1.54) is 6.26 Å². The highest BCUT2D eigenvalue weighted by atomic mass is 32.1. The van der Waals surface area contributed by atoms with Crippen LogP contribution in [0.4, 0.5) is 0 Å². The number of aliphatic hydroxyl groups excluding tert-OH is 1. The summed E-state index contributed by atoms with van der Waals surface area (Å²) in [6, 6.07) is 3.21. The number of furan rings is 1. The Labute approximate surface area is 104 Å². The van der Waals surface area contributed by atoms with Crippen LogP contribution in [0.25, 0.3) is 0 Å². The molecular formula is C11H14N2O3S. The van der Waals surface area contributed by atoms with Gasteiger partial charge in [-0.25, -0.2) is 0 Å². The zero-order valence-corrected chi connectivity index (χ0v) is 10.1. The second-order valence-electron chi connectivity index (χ2n) is 3.98. The van der Waals surface area contributed by atoms with Crippen LogP contribution in [0.2, 0.25) is 0 Å². The van der Waals surface area contributed by atoms with Gasteiger partial charge in [-0.05, 0) is 37.2 Å². The smallest absolute Gasteiger partial charge is 0.293 e. The monoisotopic (exact) mass is 254 g/mol. The third-order valence-corrected chi connectivity index (χ3v) is 3.01. The number of aliphatic hydroxyl groups is 1. The molecule has 17 heavy (non-hydrogen) atoms. The van der Waals surface area contributed by atoms with E-state index >= 15 is 0 Å². The molecular weight excluding hydrogens is 240 g/mol. The molecule has 6 heteroatoms. The van der Waals surface area contributed by atoms with Crippen LogP contribution in [0.1, 0.15) is 23.4 Å². The summed E-state index contributed by atoms with van der Waals surface area (Å²) < 4.78 is 4.97. The Hall–Kier alpha value is -1.40. The predicted molar refractivity (Wildman–Crippen MR) is 65.6 cm³/mol. The lowest BCUT2D eigenvalue weighted by Gasteiger charge is -2.31. The van der Waals surface area contributed by atoms with Crippen molar-refractivity contribution in [2.45, 2.75) is 18.9 Å². The zero-order valence-electron chi connectivity index (χ0n) is 9.26. The Kier molecular flexibility index (Phi) is 3.75. The van der Waals surface area contributed by atoms with Gasteiger partial charge < -0.3 is 14.4 Å². The molecule has 1 saturated heterocycles. The van der Waals surface area contributed by atoms with Crippen LogP contribution in [-0.4, -0.2) is 40.2 Å². The maximum absolute atomic E-state index is 11.7. The molecule has 1 fully saturated rings. The van der Waals surface area contributed by atoms with Gasteiger partial charge in [0.15, 0.2) is 10.9 Å². The van der Waals surface area contributed by atoms with Gasteiger partial charge in [0.1, 0.15) is 0 Å². The molecule has 0 aliphatic carbocycles. The maximum Gasteiger partial charge on any atom is 0.293 e. The van der Waals surface area contributed by atoms with E-state index in [4.69, 9.17) is 16.6 Å². The minimum atomic E-state index is -0.373. The molecule has 0 unspecified atom stereocenters. The molecule has 2 N–H and O–H groups in total. The van der Waals surface area contributed by atoms with E-state index in [9.17, 15) is 9.90 Å². The number of piperidine rings is 1. The lowest BCUT2D eigenvalue weighted by Crippen LogP contribution is -2.48. The third-order valence-electron chi connectivity index (χ3n) is 2.65. The van der Waals surface area contributed by atoms with Crippen LogP contribution in [0.15, 0.2) is 22.8 Å². The summed E-state index contributed by atoms with van der Waals surface area (Å²) in [7, 11) is 0. The van der Waals surface area contributed by atoms with Gasteiger partial charge in [-0.15, -0.1) is 0 Å². The van der Waals surface area contributed by atoms with E-state index in [2.05, 4.69) is 5.32 Å². The highest BCUT2D eigenvalue weighted by Crippen LogP contribution is 2.10. The molecule has 0 radical (unpaired) electrons. The molecule has 0 spiro atoms. The van der Waals surface area contributed by atoms with Crippen LogP contribution >= 0.6 is 12.2 Å². The summed E-state index contributed by atoms with van der Waals surface area (Å²) in [6.07, 6.45) is 2.72. The Balaban J connectivity index is 1.90. The van der Waals surface area contributed by atoms with Crippen molar-refractivity contribution in [1.82, 2.24) is 10.2 Å². The maximum atomic E-state index is 11.7. The standard InChI is InChI=1S/C11H14N2O3S/c14-8-3-1-5-13(7-8)11(17)12-10(15)9-4-2-6-16-9/h2,4,6,8,14H,1,3,5,7H2,(H,12,15,17)/t8-/m0/s1. The van der Waals surface area contributed by atoms with Crippen LogP contribution in [-0.2, 0) is 0 Å². The SMILES string of the molecule is O=C(NC(=S)N1CCC[C@H](O)C1)c1ccco1. The van der Waals surface area contributed by atoms with E-state index < -0.39 is 0 Å². The first-order valence-electron chi connectivity index (χ1n) is 5.48. The zero-order chi connectivity index (χ0) is 12.3. The first-order valence-corrected chi connectivity index (χ1v) is 5.89. The number of amides is 1. The number of hydrogen-bond donors (Lipinski definition) is 2. The highest BCUT2D eigenvalue weighted by Gasteiger charge is 2.21. The molecule has 0 aromatic carbocycles. The number of β-amino-alcohol motifs (C(OH)–C–C–N with tert-alkyl or cyclic N) is 1. The van der Waals surface area contributed by atoms with E-state index in [1.807, 2.05) is 0 Å². The minimum Gasteiger partial charge on any atom is -0.459 e. The van der Waals surface area contributed by atoms with Crippen molar-refractivity contribution in [3.8, 4) is 0 Å². The Bertz CT molecular complexity index is 405. The van der Waals surface area contributed by atoms with Crippen molar-refractivity contribution in [2.24, 2.45) is 0 Å². The normalized spacial score (nSPS) is 20.1. The Morgan fingerprint density at radius 3 is 3.12 bits per heavy atom. The van der Waals surface area contributed by atoms with Crippen molar-refractivity contribution in [1.29, 1.82) is 0 Å². The van der Waals surface area contributed by atoms with Crippen molar-refractivity contribution < 1.29 is 14.3 Å². The summed E-state index contributed by atoms with van der Waals surface area (Å²) in [5.74, 6) is -0.134. The van der Waals surface area contributed by atoms with Gasteiger partial charge in [0.2, 0.25) is 0 Å². The van der Waals surface area contributed by atoms with Gasteiger partial charge in [-0.1, -0.05) is 0 Å². The van der Waals surface area contributed by atoms with Crippen LogP contribution < -0.4 is 5.32 Å². The quantitative estimate of drug-likeness (QED) is 0.724. The van der Waals surface area contributed by atoms with E-state index in [0.29, 0.717) is 11.7 Å². The Morgan fingerprint density at radius 1 is 1.65 bits per heavy atom. The van der Waals surface area contributed by atoms with Gasteiger partial charge in [0, 0.05) is 13.1 Å². The average molecular weight is 254 g/mol. The second kappa shape index (κ2) is 5.29. The van der Waals surface area contributed by atoms with Gasteiger partial charge >= 0.3 is 0 Å². The molecule has 0 bridgehead atoms. The summed E-state index contributed by atoms with van der Waals surface area (Å²) in [6.45, 7) is 1.23. The minimum absolute atomic E-state index is 0.227. The van der Waals surface area contributed by atoms with Crippen molar-refractivity contribution >= 4 is 23.2 Å². The van der Waals surface area contributed by atoms with Crippen molar-refractivity contribution in [3.05, 3.63) is 24.2 Å². The number of carbonyl (C=O) groups excluding carboxylic acids is 1. The van der Waals surface area contributed by atoms with Gasteiger partial charge in [0.25, 0.3) is 5.91 Å². The van der Waals surface area contributed by atoms with Crippen molar-refractivity contribution in [2.75, 3.05) is 13.1 Å². The molecule has 92 valence electrons. The third kappa shape index (κ3) is 3.04. The molecule has 2 heterocycles. The molecule has 1 aliphatic rings. The van der Waals surface area contributed by atoms with Gasteiger partial charge in [-0.3, -0.25) is 10.1 Å². The largest absolute Gasteiger partial charge is 0.459 e. The lowest BCUT2D eigenvalue weighted by molar-refractivity contribution is 0.0911. The number of nitrogens with zero attached hydrogens (tertiary/aromatic N) is 1. The van der Waals surface area contributed by atoms with Crippen LogP contribution in [0.5, 0.6) is 0 Å². The highest BCUT2D eigenvalue weighted by molar-refractivity contribution is 7.80. The van der Waals surface area contributed by atoms with Crippen LogP contribution in [0, 0.1) is 0 Å². The summed E-state index contributed by atoms with van der Waals surface area (Å²) >= 11 is 5.12. The molecule has 5 nitrogen and oxygen atoms in total. The number of carbonyl (C=O) groups is 1. The van der Waals surface area contributed by atoms with E-state index in [-0.39, 0.29) is 17.8 Å². The van der Waals surface area contributed by atoms with E-state index in [0.717, 1.165) is 19.4 Å². The fourth-order valence-corrected chi connectivity index (χ4v) is 2.04. The summed E-state index contributed by atoms with van der Waals surface area (Å²) in [4.78, 5) is 13.5. The summed E-state index contributed by atoms with van der Waals surface area (Å²) in [5, 5.41) is 12.4.